The zero-order chi connectivity index (χ0) is 16.7. The quantitative estimate of drug-likeness (QED) is 0.502. The summed E-state index contributed by atoms with van der Waals surface area (Å²) in [4.78, 5) is 3.45. The van der Waals surface area contributed by atoms with Crippen LogP contribution in [0.1, 0.15) is 11.9 Å². The molecule has 2 heterocycles. The number of aromatic nitrogens is 1. The van der Waals surface area contributed by atoms with Gasteiger partial charge in [-0.3, -0.25) is 0 Å². The lowest BCUT2D eigenvalue weighted by Gasteiger charge is -2.18. The predicted molar refractivity (Wildman–Crippen MR) is 101 cm³/mol. The molecule has 0 radical (unpaired) electrons. The molecule has 0 saturated carbocycles. The van der Waals surface area contributed by atoms with Crippen molar-refractivity contribution < 1.29 is 4.57 Å². The first-order chi connectivity index (χ1) is 11.7. The first kappa shape index (κ1) is 15.3. The van der Waals surface area contributed by atoms with E-state index in [1.54, 1.807) is 23.1 Å². The van der Waals surface area contributed by atoms with Crippen LogP contribution in [0.25, 0.3) is 15.8 Å². The van der Waals surface area contributed by atoms with Gasteiger partial charge in [-0.15, -0.1) is 0 Å². The Bertz CT molecular complexity index is 1010. The second-order valence-electron chi connectivity index (χ2n) is 5.54. The predicted octanol–water partition coefficient (Wildman–Crippen LogP) is 4.55. The molecule has 1 aliphatic heterocycles. The zero-order valence-electron chi connectivity index (χ0n) is 13.5. The first-order valence-corrected chi connectivity index (χ1v) is 9.44. The van der Waals surface area contributed by atoms with E-state index in [0.717, 1.165) is 27.7 Å². The first-order valence-electron chi connectivity index (χ1n) is 7.81. The van der Waals surface area contributed by atoms with E-state index in [1.165, 1.54) is 15.3 Å². The lowest BCUT2D eigenvalue weighted by atomic mass is 10.2. The van der Waals surface area contributed by atoms with E-state index in [2.05, 4.69) is 52.8 Å². The molecule has 5 heteroatoms. The van der Waals surface area contributed by atoms with Crippen molar-refractivity contribution in [2.45, 2.75) is 11.8 Å². The smallest absolute Gasteiger partial charge is 0.283 e. The number of nitrogens with zero attached hydrogens (tertiary/aromatic N) is 3. The van der Waals surface area contributed by atoms with Gasteiger partial charge in [-0.2, -0.15) is 9.83 Å². The largest absolute Gasteiger partial charge is 0.334 e. The Labute approximate surface area is 149 Å². The molecule has 2 aromatic carbocycles. The van der Waals surface area contributed by atoms with Crippen molar-refractivity contribution >= 4 is 44.6 Å². The average Bonchev–Trinajstić information content (AvgIpc) is 3.14. The zero-order valence-corrected chi connectivity index (χ0v) is 15.1. The van der Waals surface area contributed by atoms with Gasteiger partial charge in [0.1, 0.15) is 22.8 Å². The van der Waals surface area contributed by atoms with Gasteiger partial charge in [0.05, 0.1) is 5.69 Å². The molecule has 3 aromatic rings. The number of aryl methyl sites for hydroxylation is 1. The number of hydrogen-bond acceptors (Lipinski definition) is 4. The summed E-state index contributed by atoms with van der Waals surface area (Å²) in [6, 6.07) is 19.1. The van der Waals surface area contributed by atoms with Gasteiger partial charge in [-0.25, -0.2) is 0 Å². The van der Waals surface area contributed by atoms with Crippen molar-refractivity contribution in [3.05, 3.63) is 58.6 Å². The normalized spacial score (nSPS) is 15.5. The van der Waals surface area contributed by atoms with Gasteiger partial charge in [0, 0.05) is 17.5 Å². The number of nitriles is 1. The number of rotatable bonds is 2. The molecule has 4 rings (SSSR count). The molecule has 24 heavy (non-hydrogen) atoms. The van der Waals surface area contributed by atoms with E-state index in [-0.39, 0.29) is 0 Å². The minimum Gasteiger partial charge on any atom is -0.334 e. The maximum atomic E-state index is 9.93. The van der Waals surface area contributed by atoms with Crippen molar-refractivity contribution in [2.24, 2.45) is 7.05 Å². The summed E-state index contributed by atoms with van der Waals surface area (Å²) in [5, 5.41) is 12.0. The third-order valence-corrected chi connectivity index (χ3v) is 6.62. The molecule has 0 bridgehead atoms. The number of thioether (sulfide) groups is 1. The molecule has 0 aliphatic carbocycles. The number of fused-ring (bicyclic) bond motifs is 2. The van der Waals surface area contributed by atoms with Gasteiger partial charge in [0.25, 0.3) is 5.01 Å². The molecule has 0 fully saturated rings. The highest BCUT2D eigenvalue weighted by Gasteiger charge is 2.31. The summed E-state index contributed by atoms with van der Waals surface area (Å²) < 4.78 is 3.33. The third kappa shape index (κ3) is 2.22. The van der Waals surface area contributed by atoms with E-state index in [4.69, 9.17) is 0 Å². The van der Waals surface area contributed by atoms with E-state index < -0.39 is 0 Å². The molecule has 0 unspecified atom stereocenters. The Morgan fingerprint density at radius 3 is 2.67 bits per heavy atom. The molecular formula is C19H16N3S2+. The topological polar surface area (TPSA) is 30.9 Å². The van der Waals surface area contributed by atoms with Crippen LogP contribution in [0.4, 0.5) is 5.69 Å². The van der Waals surface area contributed by atoms with Crippen molar-refractivity contribution in [3.8, 4) is 6.07 Å². The molecule has 0 saturated heterocycles. The summed E-state index contributed by atoms with van der Waals surface area (Å²) in [6.07, 6.45) is 0. The molecular weight excluding hydrogens is 334 g/mol. The molecule has 0 spiro atoms. The van der Waals surface area contributed by atoms with Gasteiger partial charge in [0.15, 0.2) is 5.57 Å². The number of thiazole rings is 1. The highest BCUT2D eigenvalue weighted by atomic mass is 32.2. The van der Waals surface area contributed by atoms with Crippen LogP contribution in [0.2, 0.25) is 0 Å². The van der Waals surface area contributed by atoms with Crippen LogP contribution in [-0.2, 0) is 7.05 Å². The monoisotopic (exact) mass is 350 g/mol. The maximum Gasteiger partial charge on any atom is 0.283 e. The van der Waals surface area contributed by atoms with Gasteiger partial charge in [0.2, 0.25) is 5.52 Å². The number of benzene rings is 2. The number of hydrogen-bond donors (Lipinski definition) is 0. The van der Waals surface area contributed by atoms with E-state index in [1.807, 2.05) is 25.2 Å². The fraction of sp³-hybridized carbons (Fsp3) is 0.158. The van der Waals surface area contributed by atoms with Crippen molar-refractivity contribution in [2.75, 3.05) is 11.4 Å². The summed E-state index contributed by atoms with van der Waals surface area (Å²) >= 11 is 3.37. The Morgan fingerprint density at radius 1 is 1.17 bits per heavy atom. The third-order valence-electron chi connectivity index (χ3n) is 4.20. The molecule has 0 amide bonds. The Morgan fingerprint density at radius 2 is 1.92 bits per heavy atom. The molecule has 0 atom stereocenters. The SMILES string of the molecule is CCN1/C(=C(/C#N)c2sc3ccccc3[n+]2C)Sc2ccccc21. The summed E-state index contributed by atoms with van der Waals surface area (Å²) in [5.41, 5.74) is 3.10. The van der Waals surface area contributed by atoms with Gasteiger partial charge in [-0.1, -0.05) is 47.4 Å². The van der Waals surface area contributed by atoms with Crippen molar-refractivity contribution in [3.63, 3.8) is 0 Å². The molecule has 118 valence electrons. The average molecular weight is 350 g/mol. The van der Waals surface area contributed by atoms with Crippen LogP contribution < -0.4 is 9.47 Å². The second-order valence-corrected chi connectivity index (χ2v) is 7.60. The van der Waals surface area contributed by atoms with E-state index in [9.17, 15) is 5.26 Å². The van der Waals surface area contributed by atoms with Crippen LogP contribution in [-0.4, -0.2) is 6.54 Å². The Kier molecular flexibility index (Phi) is 3.79. The molecule has 1 aliphatic rings. The van der Waals surface area contributed by atoms with E-state index in [0.29, 0.717) is 0 Å². The highest BCUT2D eigenvalue weighted by Crippen LogP contribution is 2.48. The van der Waals surface area contributed by atoms with Gasteiger partial charge < -0.3 is 4.90 Å². The van der Waals surface area contributed by atoms with Crippen LogP contribution in [0, 0.1) is 11.3 Å². The Balaban J connectivity index is 1.94. The van der Waals surface area contributed by atoms with Gasteiger partial charge in [-0.05, 0) is 25.1 Å². The van der Waals surface area contributed by atoms with Crippen LogP contribution >= 0.6 is 23.1 Å². The number of anilines is 1. The minimum atomic E-state index is 0.752. The summed E-state index contributed by atoms with van der Waals surface area (Å²) in [6.45, 7) is 2.97. The summed E-state index contributed by atoms with van der Waals surface area (Å²) in [7, 11) is 2.04. The fourth-order valence-corrected chi connectivity index (χ4v) is 5.47. The Hall–Kier alpha value is -2.29. The number of para-hydroxylation sites is 2. The standard InChI is InChI=1S/C19H16N3S2/c1-3-22-15-9-5-7-11-17(15)24-19(22)13(12-20)18-21(2)14-8-4-6-10-16(14)23-18/h4-11H,3H2,1-2H3/q+1. The summed E-state index contributed by atoms with van der Waals surface area (Å²) in [5.74, 6) is 0. The maximum absolute atomic E-state index is 9.93. The van der Waals surface area contributed by atoms with E-state index >= 15 is 0 Å². The molecule has 0 N–H and O–H groups in total. The van der Waals surface area contributed by atoms with Crippen molar-refractivity contribution in [1.29, 1.82) is 5.26 Å². The fourth-order valence-electron chi connectivity index (χ4n) is 3.04. The minimum absolute atomic E-state index is 0.752. The molecule has 1 aromatic heterocycles. The highest BCUT2D eigenvalue weighted by molar-refractivity contribution is 8.04. The second kappa shape index (κ2) is 5.97. The van der Waals surface area contributed by atoms with Crippen molar-refractivity contribution in [1.82, 2.24) is 0 Å². The molecule has 3 nitrogen and oxygen atoms in total. The van der Waals surface area contributed by atoms with Crippen LogP contribution in [0.5, 0.6) is 0 Å². The van der Waals surface area contributed by atoms with Crippen LogP contribution in [0.3, 0.4) is 0 Å². The lowest BCUT2D eigenvalue weighted by molar-refractivity contribution is -0.642. The number of allylic oxidation sites excluding steroid dienone is 1. The lowest BCUT2D eigenvalue weighted by Crippen LogP contribution is -2.31. The van der Waals surface area contributed by atoms with Crippen LogP contribution in [0.15, 0.2) is 58.5 Å². The van der Waals surface area contributed by atoms with Gasteiger partial charge >= 0.3 is 0 Å².